The number of nitrogens with one attached hydrogen (secondary N) is 2. The average molecular weight is 260 g/mol. The lowest BCUT2D eigenvalue weighted by atomic mass is 10.3. The molecule has 0 aliphatic carbocycles. The van der Waals surface area contributed by atoms with E-state index in [1.165, 1.54) is 6.92 Å². The van der Waals surface area contributed by atoms with Crippen molar-refractivity contribution >= 4 is 11.8 Å². The van der Waals surface area contributed by atoms with Crippen LogP contribution in [-0.4, -0.2) is 51.3 Å². The van der Waals surface area contributed by atoms with Crippen LogP contribution in [0.3, 0.4) is 0 Å². The molecule has 0 unspecified atom stereocenters. The number of hydrogen-bond acceptors (Lipinski definition) is 4. The second kappa shape index (κ2) is 12.3. The Morgan fingerprint density at radius 2 is 1.50 bits per heavy atom. The highest BCUT2D eigenvalue weighted by Gasteiger charge is 1.97. The van der Waals surface area contributed by atoms with Crippen molar-refractivity contribution in [2.24, 2.45) is 0 Å². The summed E-state index contributed by atoms with van der Waals surface area (Å²) >= 11 is 0. The Labute approximate surface area is 108 Å². The van der Waals surface area contributed by atoms with Crippen LogP contribution in [0.1, 0.15) is 26.7 Å². The molecule has 2 amide bonds. The highest BCUT2D eigenvalue weighted by molar-refractivity contribution is 5.75. The van der Waals surface area contributed by atoms with Crippen LogP contribution >= 0.6 is 0 Å². The van der Waals surface area contributed by atoms with E-state index in [1.807, 2.05) is 6.92 Å². The van der Waals surface area contributed by atoms with E-state index in [2.05, 4.69) is 10.6 Å². The van der Waals surface area contributed by atoms with Crippen LogP contribution in [0.15, 0.2) is 0 Å². The van der Waals surface area contributed by atoms with Crippen molar-refractivity contribution in [2.45, 2.75) is 26.7 Å². The molecule has 2 N–H and O–H groups in total. The van der Waals surface area contributed by atoms with Gasteiger partial charge in [-0.1, -0.05) is 6.92 Å². The van der Waals surface area contributed by atoms with Crippen LogP contribution in [0.25, 0.3) is 0 Å². The van der Waals surface area contributed by atoms with Gasteiger partial charge < -0.3 is 20.1 Å². The lowest BCUT2D eigenvalue weighted by molar-refractivity contribution is -0.121. The lowest BCUT2D eigenvalue weighted by Gasteiger charge is -2.07. The minimum absolute atomic E-state index is 0.0577. The van der Waals surface area contributed by atoms with Gasteiger partial charge in [-0.3, -0.25) is 9.59 Å². The second-order valence-electron chi connectivity index (χ2n) is 3.81. The summed E-state index contributed by atoms with van der Waals surface area (Å²) in [5.41, 5.74) is 0. The predicted molar refractivity (Wildman–Crippen MR) is 68.2 cm³/mol. The largest absolute Gasteiger partial charge is 0.377 e. The molecule has 18 heavy (non-hydrogen) atoms. The van der Waals surface area contributed by atoms with E-state index in [0.29, 0.717) is 45.9 Å². The predicted octanol–water partition coefficient (Wildman–Crippen LogP) is 0.0720. The highest BCUT2D eigenvalue weighted by atomic mass is 16.5. The maximum absolute atomic E-state index is 11.1. The fourth-order valence-corrected chi connectivity index (χ4v) is 1.20. The molecule has 0 saturated carbocycles. The average Bonchev–Trinajstić information content (AvgIpc) is 2.31. The van der Waals surface area contributed by atoms with Gasteiger partial charge in [0.05, 0.1) is 26.4 Å². The minimum Gasteiger partial charge on any atom is -0.377 e. The number of carbonyl (C=O) groups is 2. The van der Waals surface area contributed by atoms with E-state index in [0.717, 1.165) is 6.42 Å². The van der Waals surface area contributed by atoms with Crippen LogP contribution in [0.5, 0.6) is 0 Å². The summed E-state index contributed by atoms with van der Waals surface area (Å²) in [7, 11) is 0. The molecule has 106 valence electrons. The molecule has 6 heteroatoms. The lowest BCUT2D eigenvalue weighted by Crippen LogP contribution is -2.27. The van der Waals surface area contributed by atoms with Crippen molar-refractivity contribution in [1.82, 2.24) is 10.6 Å². The molecule has 0 bridgehead atoms. The molecule has 0 radical (unpaired) electrons. The Bertz CT molecular complexity index is 234. The van der Waals surface area contributed by atoms with Crippen molar-refractivity contribution in [3.63, 3.8) is 0 Å². The normalized spacial score (nSPS) is 10.1. The summed E-state index contributed by atoms with van der Waals surface area (Å²) in [5.74, 6) is 0.00493. The fourth-order valence-electron chi connectivity index (χ4n) is 1.20. The first-order valence-corrected chi connectivity index (χ1v) is 6.33. The van der Waals surface area contributed by atoms with Gasteiger partial charge in [-0.25, -0.2) is 0 Å². The van der Waals surface area contributed by atoms with Gasteiger partial charge in [0.25, 0.3) is 0 Å². The summed E-state index contributed by atoms with van der Waals surface area (Å²) in [6, 6.07) is 0. The SMILES string of the molecule is CCCC(=O)NCCOCCOCCNC(C)=O. The van der Waals surface area contributed by atoms with Crippen LogP contribution in [-0.2, 0) is 19.1 Å². The quantitative estimate of drug-likeness (QED) is 0.516. The Hall–Kier alpha value is -1.14. The van der Waals surface area contributed by atoms with Crippen molar-refractivity contribution in [2.75, 3.05) is 39.5 Å². The molecule has 0 aliphatic rings. The molecule has 0 fully saturated rings. The van der Waals surface area contributed by atoms with Crippen LogP contribution in [0.4, 0.5) is 0 Å². The molecule has 0 heterocycles. The fraction of sp³-hybridized carbons (Fsp3) is 0.833. The standard InChI is InChI=1S/C12H24N2O4/c1-3-4-12(16)14-6-8-18-10-9-17-7-5-13-11(2)15/h3-10H2,1-2H3,(H,13,15)(H,14,16). The monoisotopic (exact) mass is 260 g/mol. The summed E-state index contributed by atoms with van der Waals surface area (Å²) in [6.45, 7) is 6.43. The molecule has 0 spiro atoms. The molecular weight excluding hydrogens is 236 g/mol. The molecule has 0 aliphatic heterocycles. The molecule has 0 rings (SSSR count). The van der Waals surface area contributed by atoms with E-state index in [1.54, 1.807) is 0 Å². The van der Waals surface area contributed by atoms with E-state index in [9.17, 15) is 9.59 Å². The Balaban J connectivity index is 3.07. The van der Waals surface area contributed by atoms with Gasteiger partial charge >= 0.3 is 0 Å². The highest BCUT2D eigenvalue weighted by Crippen LogP contribution is 1.85. The van der Waals surface area contributed by atoms with Crippen molar-refractivity contribution < 1.29 is 19.1 Å². The van der Waals surface area contributed by atoms with Gasteiger partial charge in [0.15, 0.2) is 0 Å². The Morgan fingerprint density at radius 3 is 2.00 bits per heavy atom. The Morgan fingerprint density at radius 1 is 0.944 bits per heavy atom. The van der Waals surface area contributed by atoms with Gasteiger partial charge in [0.1, 0.15) is 0 Å². The zero-order valence-corrected chi connectivity index (χ0v) is 11.3. The molecule has 6 nitrogen and oxygen atoms in total. The van der Waals surface area contributed by atoms with Crippen LogP contribution < -0.4 is 10.6 Å². The number of ether oxygens (including phenoxy) is 2. The first kappa shape index (κ1) is 16.9. The zero-order chi connectivity index (χ0) is 13.6. The van der Waals surface area contributed by atoms with E-state index in [4.69, 9.17) is 9.47 Å². The zero-order valence-electron chi connectivity index (χ0n) is 11.3. The summed E-state index contributed by atoms with van der Waals surface area (Å²) in [6.07, 6.45) is 1.42. The summed E-state index contributed by atoms with van der Waals surface area (Å²) < 4.78 is 10.5. The number of amides is 2. The summed E-state index contributed by atoms with van der Waals surface area (Å²) in [5, 5.41) is 5.38. The molecule has 0 saturated heterocycles. The van der Waals surface area contributed by atoms with E-state index >= 15 is 0 Å². The maximum Gasteiger partial charge on any atom is 0.220 e. The third-order valence-electron chi connectivity index (χ3n) is 2.04. The van der Waals surface area contributed by atoms with Gasteiger partial charge in [0.2, 0.25) is 11.8 Å². The van der Waals surface area contributed by atoms with Gasteiger partial charge in [-0.05, 0) is 6.42 Å². The van der Waals surface area contributed by atoms with Gasteiger partial charge in [-0.2, -0.15) is 0 Å². The number of hydrogen-bond donors (Lipinski definition) is 2. The minimum atomic E-state index is -0.0577. The maximum atomic E-state index is 11.1. The first-order valence-electron chi connectivity index (χ1n) is 6.33. The van der Waals surface area contributed by atoms with E-state index in [-0.39, 0.29) is 11.8 Å². The second-order valence-corrected chi connectivity index (χ2v) is 3.81. The summed E-state index contributed by atoms with van der Waals surface area (Å²) in [4.78, 5) is 21.6. The van der Waals surface area contributed by atoms with Crippen molar-refractivity contribution in [3.05, 3.63) is 0 Å². The Kier molecular flexibility index (Phi) is 11.5. The third kappa shape index (κ3) is 12.9. The molecule has 0 atom stereocenters. The number of rotatable bonds is 11. The van der Waals surface area contributed by atoms with Crippen molar-refractivity contribution in [3.8, 4) is 0 Å². The van der Waals surface area contributed by atoms with Gasteiger partial charge in [0, 0.05) is 26.4 Å². The molecule has 0 aromatic rings. The van der Waals surface area contributed by atoms with Crippen molar-refractivity contribution in [1.29, 1.82) is 0 Å². The van der Waals surface area contributed by atoms with Gasteiger partial charge in [-0.15, -0.1) is 0 Å². The van der Waals surface area contributed by atoms with Crippen LogP contribution in [0.2, 0.25) is 0 Å². The molecule has 0 aromatic carbocycles. The smallest absolute Gasteiger partial charge is 0.220 e. The van der Waals surface area contributed by atoms with E-state index < -0.39 is 0 Å². The topological polar surface area (TPSA) is 76.7 Å². The third-order valence-corrected chi connectivity index (χ3v) is 2.04. The molecular formula is C12H24N2O4. The molecule has 0 aromatic heterocycles. The van der Waals surface area contributed by atoms with Crippen LogP contribution in [0, 0.1) is 0 Å². The first-order chi connectivity index (χ1) is 8.66. The number of carbonyl (C=O) groups excluding carboxylic acids is 2.